The fourth-order valence-electron chi connectivity index (χ4n) is 2.03. The van der Waals surface area contributed by atoms with Crippen LogP contribution in [0, 0.1) is 0 Å². The quantitative estimate of drug-likeness (QED) is 0.852. The maximum absolute atomic E-state index is 11.5. The molecular weight excluding hydrogens is 214 g/mol. The highest BCUT2D eigenvalue weighted by Crippen LogP contribution is 2.26. The Morgan fingerprint density at radius 3 is 2.35 bits per heavy atom. The Morgan fingerprint density at radius 2 is 1.88 bits per heavy atom. The first-order valence-corrected chi connectivity index (χ1v) is 6.02. The number of hydrogen-bond acceptors (Lipinski definition) is 2. The molecule has 1 aliphatic heterocycles. The third-order valence-electron chi connectivity index (χ3n) is 2.76. The molecule has 1 aliphatic rings. The van der Waals surface area contributed by atoms with E-state index in [4.69, 9.17) is 4.74 Å². The summed E-state index contributed by atoms with van der Waals surface area (Å²) in [5.74, 6) is 0.993. The highest BCUT2D eigenvalue weighted by atomic mass is 16.5. The van der Waals surface area contributed by atoms with Gasteiger partial charge in [-0.3, -0.25) is 4.79 Å². The molecule has 0 aliphatic carbocycles. The molecule has 0 bridgehead atoms. The summed E-state index contributed by atoms with van der Waals surface area (Å²) in [6, 6.07) is 7.84. The Hall–Kier alpha value is -1.51. The van der Waals surface area contributed by atoms with Crippen molar-refractivity contribution in [3.05, 3.63) is 29.8 Å². The number of amides is 1. The van der Waals surface area contributed by atoms with Crippen molar-refractivity contribution in [2.45, 2.75) is 38.7 Å². The molecule has 1 unspecified atom stereocenters. The normalized spacial score (nSPS) is 20.2. The topological polar surface area (TPSA) is 38.3 Å². The van der Waals surface area contributed by atoms with Crippen LogP contribution in [0.1, 0.15) is 38.7 Å². The van der Waals surface area contributed by atoms with E-state index >= 15 is 0 Å². The summed E-state index contributed by atoms with van der Waals surface area (Å²) in [5.41, 5.74) is 0.882. The highest BCUT2D eigenvalue weighted by molar-refractivity contribution is 5.85. The maximum Gasteiger partial charge on any atom is 0.227 e. The van der Waals surface area contributed by atoms with Crippen molar-refractivity contribution in [2.24, 2.45) is 0 Å². The van der Waals surface area contributed by atoms with Crippen molar-refractivity contribution < 1.29 is 9.53 Å². The molecule has 0 radical (unpaired) electrons. The van der Waals surface area contributed by atoms with Gasteiger partial charge in [0.15, 0.2) is 0 Å². The van der Waals surface area contributed by atoms with Gasteiger partial charge in [0.1, 0.15) is 11.4 Å². The van der Waals surface area contributed by atoms with E-state index in [0.717, 1.165) is 24.3 Å². The van der Waals surface area contributed by atoms with Crippen LogP contribution in [0.2, 0.25) is 0 Å². The molecule has 3 heteroatoms. The van der Waals surface area contributed by atoms with Crippen LogP contribution in [-0.2, 0) is 4.79 Å². The molecule has 1 N–H and O–H groups in total. The van der Waals surface area contributed by atoms with E-state index in [1.165, 1.54) is 0 Å². The lowest BCUT2D eigenvalue weighted by molar-refractivity contribution is -0.120. The van der Waals surface area contributed by atoms with Crippen LogP contribution in [-0.4, -0.2) is 18.1 Å². The van der Waals surface area contributed by atoms with Crippen molar-refractivity contribution >= 4 is 5.91 Å². The van der Waals surface area contributed by atoms with Gasteiger partial charge in [-0.1, -0.05) is 12.1 Å². The first-order chi connectivity index (χ1) is 7.96. The van der Waals surface area contributed by atoms with Crippen LogP contribution >= 0.6 is 0 Å². The molecule has 1 aromatic rings. The van der Waals surface area contributed by atoms with Gasteiger partial charge < -0.3 is 10.1 Å². The molecule has 0 saturated carbocycles. The van der Waals surface area contributed by atoms with Crippen molar-refractivity contribution in [3.8, 4) is 5.75 Å². The molecule has 1 atom stereocenters. The minimum absolute atomic E-state index is 0.0127. The minimum Gasteiger partial charge on any atom is -0.488 e. The molecule has 1 fully saturated rings. The second-order valence-corrected chi connectivity index (χ2v) is 5.42. The molecule has 1 saturated heterocycles. The standard InChI is InChI=1S/C14H19NO2/c1-14(2,3)17-11-6-4-10(5-7-11)12-8-9-15-13(12)16/h4-7,12H,8-9H2,1-3H3,(H,15,16). The number of benzene rings is 1. The third-order valence-corrected chi connectivity index (χ3v) is 2.76. The number of ether oxygens (including phenoxy) is 1. The van der Waals surface area contributed by atoms with E-state index in [1.807, 2.05) is 45.0 Å². The summed E-state index contributed by atoms with van der Waals surface area (Å²) in [7, 11) is 0. The molecule has 1 aromatic carbocycles. The number of hydrogen-bond donors (Lipinski definition) is 1. The van der Waals surface area contributed by atoms with Gasteiger partial charge in [-0.15, -0.1) is 0 Å². The van der Waals surface area contributed by atoms with Crippen LogP contribution in [0.3, 0.4) is 0 Å². The van der Waals surface area contributed by atoms with Crippen molar-refractivity contribution in [3.63, 3.8) is 0 Å². The molecule has 1 heterocycles. The molecule has 17 heavy (non-hydrogen) atoms. The minimum atomic E-state index is -0.188. The van der Waals surface area contributed by atoms with Gasteiger partial charge in [-0.2, -0.15) is 0 Å². The molecule has 92 valence electrons. The SMILES string of the molecule is CC(C)(C)Oc1ccc(C2CCNC2=O)cc1. The lowest BCUT2D eigenvalue weighted by Gasteiger charge is -2.21. The Labute approximate surface area is 102 Å². The summed E-state index contributed by atoms with van der Waals surface area (Å²) in [5, 5.41) is 2.85. The van der Waals surface area contributed by atoms with E-state index in [0.29, 0.717) is 0 Å². The number of carbonyl (C=O) groups is 1. The smallest absolute Gasteiger partial charge is 0.227 e. The first kappa shape index (κ1) is 12.0. The molecule has 0 spiro atoms. The number of nitrogens with one attached hydrogen (secondary N) is 1. The van der Waals surface area contributed by atoms with Crippen molar-refractivity contribution in [2.75, 3.05) is 6.54 Å². The van der Waals surface area contributed by atoms with Gasteiger partial charge in [-0.05, 0) is 44.9 Å². The Bertz CT molecular complexity index is 403. The van der Waals surface area contributed by atoms with Crippen LogP contribution in [0.25, 0.3) is 0 Å². The van der Waals surface area contributed by atoms with E-state index < -0.39 is 0 Å². The zero-order chi connectivity index (χ0) is 12.5. The average Bonchev–Trinajstić information content (AvgIpc) is 2.63. The maximum atomic E-state index is 11.5. The van der Waals surface area contributed by atoms with E-state index in [9.17, 15) is 4.79 Å². The predicted molar refractivity (Wildman–Crippen MR) is 67.2 cm³/mol. The number of rotatable bonds is 2. The summed E-state index contributed by atoms with van der Waals surface area (Å²) in [6.45, 7) is 6.84. The second-order valence-electron chi connectivity index (χ2n) is 5.42. The van der Waals surface area contributed by atoms with E-state index in [2.05, 4.69) is 5.32 Å². The Morgan fingerprint density at radius 1 is 1.24 bits per heavy atom. The van der Waals surface area contributed by atoms with E-state index in [-0.39, 0.29) is 17.4 Å². The Balaban J connectivity index is 2.10. The Kier molecular flexibility index (Phi) is 3.09. The molecule has 0 aromatic heterocycles. The molecule has 2 rings (SSSR count). The third kappa shape index (κ3) is 2.99. The van der Waals surface area contributed by atoms with Crippen molar-refractivity contribution in [1.29, 1.82) is 0 Å². The lowest BCUT2D eigenvalue weighted by Crippen LogP contribution is -2.23. The van der Waals surface area contributed by atoms with Crippen LogP contribution in [0.15, 0.2) is 24.3 Å². The zero-order valence-electron chi connectivity index (χ0n) is 10.6. The van der Waals surface area contributed by atoms with Gasteiger partial charge in [0.25, 0.3) is 0 Å². The fraction of sp³-hybridized carbons (Fsp3) is 0.500. The summed E-state index contributed by atoms with van der Waals surface area (Å²) in [6.07, 6.45) is 0.887. The highest BCUT2D eigenvalue weighted by Gasteiger charge is 2.25. The van der Waals surface area contributed by atoms with Crippen LogP contribution in [0.4, 0.5) is 0 Å². The number of carbonyl (C=O) groups excluding carboxylic acids is 1. The van der Waals surface area contributed by atoms with Gasteiger partial charge in [0.05, 0.1) is 5.92 Å². The largest absolute Gasteiger partial charge is 0.488 e. The average molecular weight is 233 g/mol. The van der Waals surface area contributed by atoms with E-state index in [1.54, 1.807) is 0 Å². The first-order valence-electron chi connectivity index (χ1n) is 6.02. The van der Waals surface area contributed by atoms with Crippen molar-refractivity contribution in [1.82, 2.24) is 5.32 Å². The predicted octanol–water partition coefficient (Wildman–Crippen LogP) is 2.47. The van der Waals surface area contributed by atoms with Gasteiger partial charge in [0.2, 0.25) is 5.91 Å². The molecule has 1 amide bonds. The van der Waals surface area contributed by atoms with Gasteiger partial charge >= 0.3 is 0 Å². The fourth-order valence-corrected chi connectivity index (χ4v) is 2.03. The van der Waals surface area contributed by atoms with Gasteiger partial charge in [0, 0.05) is 6.54 Å². The molecular formula is C14H19NO2. The van der Waals surface area contributed by atoms with Gasteiger partial charge in [-0.25, -0.2) is 0 Å². The summed E-state index contributed by atoms with van der Waals surface area (Å²) >= 11 is 0. The second kappa shape index (κ2) is 4.40. The molecule has 3 nitrogen and oxygen atoms in total. The lowest BCUT2D eigenvalue weighted by atomic mass is 9.98. The summed E-state index contributed by atoms with van der Waals surface area (Å²) in [4.78, 5) is 11.5. The van der Waals surface area contributed by atoms with Crippen LogP contribution in [0.5, 0.6) is 5.75 Å². The zero-order valence-corrected chi connectivity index (χ0v) is 10.6. The summed E-state index contributed by atoms with van der Waals surface area (Å²) < 4.78 is 5.75. The van der Waals surface area contributed by atoms with Crippen LogP contribution < -0.4 is 10.1 Å². The monoisotopic (exact) mass is 233 g/mol.